The summed E-state index contributed by atoms with van der Waals surface area (Å²) in [6, 6.07) is 7.57. The molecule has 2 aliphatic heterocycles. The first kappa shape index (κ1) is 44.2. The number of benzene rings is 1. The van der Waals surface area contributed by atoms with Gasteiger partial charge in [-0.25, -0.2) is 29.1 Å². The zero-order valence-electron chi connectivity index (χ0n) is 33.0. The highest BCUT2D eigenvalue weighted by molar-refractivity contribution is 7.52. The van der Waals surface area contributed by atoms with E-state index in [2.05, 4.69) is 30.7 Å². The van der Waals surface area contributed by atoms with E-state index < -0.39 is 86.8 Å². The van der Waals surface area contributed by atoms with Gasteiger partial charge in [0, 0.05) is 6.54 Å². The summed E-state index contributed by atoms with van der Waals surface area (Å²) in [5, 5.41) is 16.6. The molecule has 2 aromatic heterocycles. The van der Waals surface area contributed by atoms with Crippen LogP contribution >= 0.6 is 7.75 Å². The minimum atomic E-state index is -4.60. The molecule has 2 aliphatic rings. The number of carboxylic acids is 1. The number of amides is 3. The predicted octanol–water partition coefficient (Wildman–Crippen LogP) is 3.94. The monoisotopic (exact) mass is 834 g/mol. The lowest BCUT2D eigenvalue weighted by atomic mass is 10.1. The Labute approximate surface area is 334 Å². The maximum Gasteiger partial charge on any atom is 0.435 e. The van der Waals surface area contributed by atoms with E-state index in [1.165, 1.54) is 12.7 Å². The van der Waals surface area contributed by atoms with Crippen molar-refractivity contribution in [2.24, 2.45) is 0 Å². The molecule has 0 aliphatic carbocycles. The van der Waals surface area contributed by atoms with Crippen LogP contribution in [0.1, 0.15) is 78.5 Å². The van der Waals surface area contributed by atoms with Gasteiger partial charge in [0.2, 0.25) is 0 Å². The summed E-state index contributed by atoms with van der Waals surface area (Å²) in [6.45, 7) is 8.11. The third kappa shape index (κ3) is 12.5. The van der Waals surface area contributed by atoms with Crippen molar-refractivity contribution in [3.05, 3.63) is 48.5 Å². The van der Waals surface area contributed by atoms with Gasteiger partial charge in [0.05, 0.1) is 26.0 Å². The first-order valence-corrected chi connectivity index (χ1v) is 20.3. The fraction of sp³-hybridized carbons (Fsp3) is 0.583. The van der Waals surface area contributed by atoms with Crippen LogP contribution in [0.25, 0.3) is 11.2 Å². The normalized spacial score (nSPS) is 21.4. The third-order valence-electron chi connectivity index (χ3n) is 8.64. The van der Waals surface area contributed by atoms with Gasteiger partial charge >= 0.3 is 25.9 Å². The smallest absolute Gasteiger partial charge is 0.435 e. The SMILES string of the molecule is CC(C)(C)OC(=O)N[C@@H](CC(=O)O)C(=O)NP(=O)(OCCCCCCNC(=O)OCc1ccccc1)OC[C@H]1O[C@@H](n2cnc3c(N)ncnc32)[C@@H]2OC(C)(C)O[C@@H]21. The number of carbonyl (C=O) groups excluding carboxylic acids is 3. The lowest BCUT2D eigenvalue weighted by molar-refractivity contribution is -0.199. The number of aromatic nitrogens is 4. The second kappa shape index (κ2) is 19.2. The summed E-state index contributed by atoms with van der Waals surface area (Å²) < 4.78 is 56.5. The number of hydrogen-bond donors (Lipinski definition) is 5. The van der Waals surface area contributed by atoms with E-state index in [1.807, 2.05) is 30.3 Å². The number of carbonyl (C=O) groups is 4. The van der Waals surface area contributed by atoms with Gasteiger partial charge in [0.25, 0.3) is 5.91 Å². The first-order chi connectivity index (χ1) is 27.4. The fourth-order valence-electron chi connectivity index (χ4n) is 6.12. The minimum absolute atomic E-state index is 0.150. The van der Waals surface area contributed by atoms with Crippen LogP contribution < -0.4 is 21.5 Å². The Kier molecular flexibility index (Phi) is 14.6. The Bertz CT molecular complexity index is 1940. The minimum Gasteiger partial charge on any atom is -0.481 e. The average molecular weight is 835 g/mol. The Morgan fingerprint density at radius 2 is 1.72 bits per heavy atom. The molecule has 3 aromatic rings. The number of aliphatic carboxylic acids is 1. The van der Waals surface area contributed by atoms with Gasteiger partial charge in [0.1, 0.15) is 48.4 Å². The molecule has 58 heavy (non-hydrogen) atoms. The lowest BCUT2D eigenvalue weighted by Gasteiger charge is -2.27. The Hall–Kier alpha value is -4.92. The number of nitrogen functional groups attached to an aromatic ring is 1. The molecule has 4 heterocycles. The topological polar surface area (TPSA) is 276 Å². The summed E-state index contributed by atoms with van der Waals surface area (Å²) in [4.78, 5) is 62.3. The molecule has 2 fully saturated rings. The van der Waals surface area contributed by atoms with Crippen LogP contribution in [0, 0.1) is 0 Å². The number of fused-ring (bicyclic) bond motifs is 2. The number of nitrogens with one attached hydrogen (secondary N) is 3. The van der Waals surface area contributed by atoms with Crippen molar-refractivity contribution in [1.29, 1.82) is 0 Å². The number of unbranched alkanes of at least 4 members (excludes halogenated alkanes) is 3. The second-order valence-electron chi connectivity index (χ2n) is 15.0. The van der Waals surface area contributed by atoms with Gasteiger partial charge in [-0.3, -0.25) is 28.3 Å². The van der Waals surface area contributed by atoms with Gasteiger partial charge in [-0.05, 0) is 53.0 Å². The molecule has 0 bridgehead atoms. The molecule has 22 heteroatoms. The van der Waals surface area contributed by atoms with Crippen LogP contribution in [0.15, 0.2) is 43.0 Å². The van der Waals surface area contributed by atoms with Crippen molar-refractivity contribution in [1.82, 2.24) is 35.2 Å². The molecule has 0 saturated carbocycles. The molecule has 1 unspecified atom stereocenters. The molecule has 1 aromatic carbocycles. The lowest BCUT2D eigenvalue weighted by Crippen LogP contribution is -2.48. The molecule has 0 radical (unpaired) electrons. The number of rotatable bonds is 19. The Balaban J connectivity index is 1.22. The maximum absolute atomic E-state index is 14.3. The van der Waals surface area contributed by atoms with E-state index in [0.717, 1.165) is 5.56 Å². The molecule has 318 valence electrons. The van der Waals surface area contributed by atoms with Crippen LogP contribution in [0.3, 0.4) is 0 Å². The summed E-state index contributed by atoms with van der Waals surface area (Å²) >= 11 is 0. The highest BCUT2D eigenvalue weighted by Gasteiger charge is 2.56. The standard InChI is InChI=1S/C36H51N8O13P/c1-35(2,3)57-34(49)42-23(17-25(45)46)31(47)43-58(50,52-16-12-7-6-11-15-38-33(48)51-18-22-13-9-8-10-14-22)53-19-24-27-28(56-36(4,5)55-27)32(54-24)44-21-41-26-29(37)39-20-40-30(26)44/h8-10,13-14,20-21,23-24,27-28,32H,6-7,11-12,15-19H2,1-5H3,(H,38,48)(H,42,49)(H,45,46)(H2,37,39,40)(H,43,47,50)/t23-,24+,27+,28+,32+,58?/m0/s1. The average Bonchev–Trinajstić information content (AvgIpc) is 3.81. The van der Waals surface area contributed by atoms with Crippen molar-refractivity contribution in [2.45, 2.75) is 115 Å². The van der Waals surface area contributed by atoms with E-state index in [-0.39, 0.29) is 19.0 Å². The second-order valence-corrected chi connectivity index (χ2v) is 16.7. The summed E-state index contributed by atoms with van der Waals surface area (Å²) in [7, 11) is -4.60. The highest BCUT2D eigenvalue weighted by atomic mass is 31.2. The third-order valence-corrected chi connectivity index (χ3v) is 10.1. The molecule has 5 rings (SSSR count). The van der Waals surface area contributed by atoms with Crippen LogP contribution in [0.5, 0.6) is 0 Å². The van der Waals surface area contributed by atoms with Gasteiger partial charge < -0.3 is 45.2 Å². The van der Waals surface area contributed by atoms with E-state index in [0.29, 0.717) is 43.4 Å². The van der Waals surface area contributed by atoms with Crippen molar-refractivity contribution in [2.75, 3.05) is 25.5 Å². The summed E-state index contributed by atoms with van der Waals surface area (Å²) in [5.74, 6) is -3.48. The molecule has 21 nitrogen and oxygen atoms in total. The van der Waals surface area contributed by atoms with E-state index in [9.17, 15) is 28.8 Å². The van der Waals surface area contributed by atoms with Gasteiger partial charge in [-0.2, -0.15) is 0 Å². The number of ether oxygens (including phenoxy) is 5. The number of anilines is 1. The van der Waals surface area contributed by atoms with E-state index in [4.69, 9.17) is 38.5 Å². The van der Waals surface area contributed by atoms with Gasteiger partial charge in [0.15, 0.2) is 23.5 Å². The van der Waals surface area contributed by atoms with Gasteiger partial charge in [-0.15, -0.1) is 0 Å². The van der Waals surface area contributed by atoms with Crippen LogP contribution in [0.2, 0.25) is 0 Å². The Morgan fingerprint density at radius 1 is 1.00 bits per heavy atom. The van der Waals surface area contributed by atoms with E-state index in [1.54, 1.807) is 39.2 Å². The Morgan fingerprint density at radius 3 is 2.45 bits per heavy atom. The zero-order chi connectivity index (χ0) is 42.1. The van der Waals surface area contributed by atoms with Crippen molar-refractivity contribution >= 4 is 48.8 Å². The molecule has 2 saturated heterocycles. The zero-order valence-corrected chi connectivity index (χ0v) is 33.8. The number of nitrogens with zero attached hydrogens (tertiary/aromatic N) is 4. The molecular formula is C36H51N8O13P. The predicted molar refractivity (Wildman–Crippen MR) is 204 cm³/mol. The van der Waals surface area contributed by atoms with Crippen LogP contribution in [0.4, 0.5) is 15.4 Å². The number of carboxylic acid groups (broad SMARTS) is 1. The number of hydrogen-bond acceptors (Lipinski definition) is 16. The van der Waals surface area contributed by atoms with Crippen molar-refractivity contribution in [3.63, 3.8) is 0 Å². The van der Waals surface area contributed by atoms with E-state index >= 15 is 0 Å². The molecule has 6 N–H and O–H groups in total. The number of alkyl carbamates (subject to hydrolysis) is 2. The summed E-state index contributed by atoms with van der Waals surface area (Å²) in [6.07, 6.45) is -0.776. The quantitative estimate of drug-likeness (QED) is 0.0845. The van der Waals surface area contributed by atoms with Gasteiger partial charge in [-0.1, -0.05) is 43.2 Å². The first-order valence-electron chi connectivity index (χ1n) is 18.7. The number of imidazole rings is 1. The molecule has 6 atom stereocenters. The van der Waals surface area contributed by atoms with Crippen molar-refractivity contribution < 1.29 is 61.6 Å². The molecular weight excluding hydrogens is 783 g/mol. The van der Waals surface area contributed by atoms with Crippen molar-refractivity contribution in [3.8, 4) is 0 Å². The molecule has 3 amide bonds. The fourth-order valence-corrected chi connectivity index (χ4v) is 7.47. The maximum atomic E-state index is 14.3. The number of nitrogens with two attached hydrogens (primary N) is 1. The highest BCUT2D eigenvalue weighted by Crippen LogP contribution is 2.48. The van der Waals surface area contributed by atoms with Crippen LogP contribution in [-0.2, 0) is 53.5 Å². The largest absolute Gasteiger partial charge is 0.481 e. The molecule has 0 spiro atoms. The van der Waals surface area contributed by atoms with Crippen LogP contribution in [-0.4, -0.2) is 104 Å². The summed E-state index contributed by atoms with van der Waals surface area (Å²) in [5.41, 5.74) is 6.61.